The fourth-order valence-electron chi connectivity index (χ4n) is 1.91. The molecule has 1 aliphatic heterocycles. The Labute approximate surface area is 113 Å². The average molecular weight is 280 g/mol. The Balaban J connectivity index is 1.76. The van der Waals surface area contributed by atoms with Crippen molar-refractivity contribution >= 4 is 17.7 Å². The molecule has 7 heteroatoms. The highest BCUT2D eigenvalue weighted by Crippen LogP contribution is 2.33. The second-order valence-electron chi connectivity index (χ2n) is 4.35. The van der Waals surface area contributed by atoms with Crippen LogP contribution in [0.2, 0.25) is 0 Å². The summed E-state index contributed by atoms with van der Waals surface area (Å²) in [6, 6.07) is 1.77. The first-order valence-corrected chi connectivity index (χ1v) is 6.76. The van der Waals surface area contributed by atoms with Gasteiger partial charge in [0.15, 0.2) is 0 Å². The van der Waals surface area contributed by atoms with Gasteiger partial charge in [-0.25, -0.2) is 0 Å². The molecule has 0 spiro atoms. The predicted molar refractivity (Wildman–Crippen MR) is 66.6 cm³/mol. The van der Waals surface area contributed by atoms with Crippen LogP contribution in [0.25, 0.3) is 11.5 Å². The number of carbonyl (C=O) groups is 1. The van der Waals surface area contributed by atoms with E-state index in [1.165, 1.54) is 11.8 Å². The Morgan fingerprint density at radius 3 is 2.89 bits per heavy atom. The van der Waals surface area contributed by atoms with Crippen molar-refractivity contribution in [2.75, 3.05) is 0 Å². The summed E-state index contributed by atoms with van der Waals surface area (Å²) in [4.78, 5) is 11.5. The van der Waals surface area contributed by atoms with Crippen molar-refractivity contribution < 1.29 is 18.4 Å². The molecule has 2 aromatic heterocycles. The van der Waals surface area contributed by atoms with E-state index in [0.29, 0.717) is 23.3 Å². The summed E-state index contributed by atoms with van der Waals surface area (Å²) in [6.45, 7) is 3.69. The first kappa shape index (κ1) is 12.3. The highest BCUT2D eigenvalue weighted by molar-refractivity contribution is 8.00. The van der Waals surface area contributed by atoms with Crippen LogP contribution in [-0.4, -0.2) is 27.5 Å². The quantitative estimate of drug-likeness (QED) is 0.799. The van der Waals surface area contributed by atoms with Gasteiger partial charge in [-0.15, -0.1) is 10.2 Å². The number of thioether (sulfide) groups is 1. The Morgan fingerprint density at radius 1 is 1.42 bits per heavy atom. The highest BCUT2D eigenvalue weighted by atomic mass is 32.2. The molecule has 19 heavy (non-hydrogen) atoms. The number of cyclic esters (lactones) is 1. The third-order valence-corrected chi connectivity index (χ3v) is 3.90. The van der Waals surface area contributed by atoms with Gasteiger partial charge in [0.1, 0.15) is 17.1 Å². The third-order valence-electron chi connectivity index (χ3n) is 2.86. The molecule has 2 atom stereocenters. The zero-order valence-corrected chi connectivity index (χ0v) is 11.3. The lowest BCUT2D eigenvalue weighted by molar-refractivity contribution is -0.140. The Hall–Kier alpha value is -1.76. The van der Waals surface area contributed by atoms with Gasteiger partial charge < -0.3 is 13.6 Å². The molecule has 1 aliphatic rings. The minimum atomic E-state index is -0.270. The van der Waals surface area contributed by atoms with Gasteiger partial charge in [-0.2, -0.15) is 0 Å². The largest absolute Gasteiger partial charge is 0.469 e. The van der Waals surface area contributed by atoms with Gasteiger partial charge in [0.05, 0.1) is 11.8 Å². The van der Waals surface area contributed by atoms with E-state index in [-0.39, 0.29) is 17.3 Å². The molecule has 3 heterocycles. The van der Waals surface area contributed by atoms with E-state index in [9.17, 15) is 4.79 Å². The minimum Gasteiger partial charge on any atom is -0.469 e. The first-order valence-electron chi connectivity index (χ1n) is 5.88. The molecule has 0 aliphatic carbocycles. The molecular formula is C12H12N2O4S. The number of hydrogen-bond acceptors (Lipinski definition) is 7. The summed E-state index contributed by atoms with van der Waals surface area (Å²) in [5.74, 6) is 0.888. The molecule has 0 bridgehead atoms. The van der Waals surface area contributed by atoms with E-state index >= 15 is 0 Å². The summed E-state index contributed by atoms with van der Waals surface area (Å²) in [7, 11) is 0. The molecule has 0 amide bonds. The molecule has 1 fully saturated rings. The molecule has 0 unspecified atom stereocenters. The maximum Gasteiger partial charge on any atom is 0.320 e. The lowest BCUT2D eigenvalue weighted by Gasteiger charge is -1.98. The van der Waals surface area contributed by atoms with Crippen LogP contribution in [0.15, 0.2) is 26.4 Å². The van der Waals surface area contributed by atoms with Crippen molar-refractivity contribution in [3.05, 3.63) is 18.1 Å². The zero-order valence-electron chi connectivity index (χ0n) is 10.5. The van der Waals surface area contributed by atoms with Gasteiger partial charge in [0.25, 0.3) is 11.1 Å². The molecular weight excluding hydrogens is 268 g/mol. The third kappa shape index (κ3) is 2.37. The summed E-state index contributed by atoms with van der Waals surface area (Å²) in [5, 5.41) is 7.99. The summed E-state index contributed by atoms with van der Waals surface area (Å²) in [6.07, 6.45) is 2.17. The van der Waals surface area contributed by atoms with E-state index in [2.05, 4.69) is 10.2 Å². The van der Waals surface area contributed by atoms with E-state index in [0.717, 1.165) is 5.56 Å². The van der Waals surface area contributed by atoms with Crippen molar-refractivity contribution in [3.63, 3.8) is 0 Å². The van der Waals surface area contributed by atoms with Crippen LogP contribution in [0.4, 0.5) is 0 Å². The standard InChI is InChI=1S/C12H12N2O4S/c1-6-5-9(11(15)17-6)19-12-14-13-10(18-12)8-3-4-16-7(8)2/h3-4,6,9H,5H2,1-2H3/t6-,9-/m1/s1. The smallest absolute Gasteiger partial charge is 0.320 e. The lowest BCUT2D eigenvalue weighted by atomic mass is 10.3. The number of ether oxygens (including phenoxy) is 1. The highest BCUT2D eigenvalue weighted by Gasteiger charge is 2.34. The number of furan rings is 1. The molecule has 1 saturated heterocycles. The van der Waals surface area contributed by atoms with Crippen molar-refractivity contribution in [2.45, 2.75) is 36.8 Å². The van der Waals surface area contributed by atoms with Crippen LogP contribution in [0, 0.1) is 6.92 Å². The molecule has 6 nitrogen and oxygen atoms in total. The van der Waals surface area contributed by atoms with Crippen molar-refractivity contribution in [1.29, 1.82) is 0 Å². The Bertz CT molecular complexity index is 606. The molecule has 0 saturated carbocycles. The zero-order chi connectivity index (χ0) is 13.4. The monoisotopic (exact) mass is 280 g/mol. The second-order valence-corrected chi connectivity index (χ2v) is 5.51. The van der Waals surface area contributed by atoms with Gasteiger partial charge in [-0.3, -0.25) is 4.79 Å². The number of aryl methyl sites for hydroxylation is 1. The average Bonchev–Trinajstić information content (AvgIpc) is 3.02. The molecule has 0 aromatic carbocycles. The Morgan fingerprint density at radius 2 is 2.26 bits per heavy atom. The summed E-state index contributed by atoms with van der Waals surface area (Å²) < 4.78 is 15.8. The molecule has 0 N–H and O–H groups in total. The number of rotatable bonds is 3. The summed E-state index contributed by atoms with van der Waals surface area (Å²) in [5.41, 5.74) is 0.765. The fraction of sp³-hybridized carbons (Fsp3) is 0.417. The lowest BCUT2D eigenvalue weighted by Crippen LogP contribution is -2.09. The van der Waals surface area contributed by atoms with Gasteiger partial charge in [-0.05, 0) is 31.7 Å². The van der Waals surface area contributed by atoms with Crippen LogP contribution in [0.3, 0.4) is 0 Å². The second kappa shape index (κ2) is 4.73. The topological polar surface area (TPSA) is 78.4 Å². The van der Waals surface area contributed by atoms with E-state index in [1.807, 2.05) is 13.8 Å². The van der Waals surface area contributed by atoms with Crippen LogP contribution in [0.5, 0.6) is 0 Å². The normalized spacial score (nSPS) is 22.7. The van der Waals surface area contributed by atoms with Crippen LogP contribution in [-0.2, 0) is 9.53 Å². The maximum absolute atomic E-state index is 11.5. The van der Waals surface area contributed by atoms with Crippen LogP contribution < -0.4 is 0 Å². The van der Waals surface area contributed by atoms with Crippen molar-refractivity contribution in [1.82, 2.24) is 10.2 Å². The number of carbonyl (C=O) groups excluding carboxylic acids is 1. The molecule has 0 radical (unpaired) electrons. The summed E-state index contributed by atoms with van der Waals surface area (Å²) >= 11 is 1.24. The molecule has 2 aromatic rings. The van der Waals surface area contributed by atoms with Crippen molar-refractivity contribution in [3.8, 4) is 11.5 Å². The fourth-order valence-corrected chi connectivity index (χ4v) is 2.89. The van der Waals surface area contributed by atoms with Gasteiger partial charge in [-0.1, -0.05) is 0 Å². The van der Waals surface area contributed by atoms with Crippen LogP contribution >= 0.6 is 11.8 Å². The van der Waals surface area contributed by atoms with Gasteiger partial charge in [0, 0.05) is 6.42 Å². The number of hydrogen-bond donors (Lipinski definition) is 0. The predicted octanol–water partition coefficient (Wildman–Crippen LogP) is 2.43. The van der Waals surface area contributed by atoms with E-state index in [4.69, 9.17) is 13.6 Å². The van der Waals surface area contributed by atoms with Gasteiger partial charge in [0.2, 0.25) is 0 Å². The molecule has 100 valence electrons. The number of aromatic nitrogens is 2. The van der Waals surface area contributed by atoms with E-state index in [1.54, 1.807) is 12.3 Å². The minimum absolute atomic E-state index is 0.0523. The molecule has 3 rings (SSSR count). The number of nitrogens with zero attached hydrogens (tertiary/aromatic N) is 2. The maximum atomic E-state index is 11.5. The van der Waals surface area contributed by atoms with Gasteiger partial charge >= 0.3 is 5.97 Å². The number of esters is 1. The first-order chi connectivity index (χ1) is 9.13. The Kier molecular flexibility index (Phi) is 3.06. The van der Waals surface area contributed by atoms with E-state index < -0.39 is 0 Å². The van der Waals surface area contributed by atoms with Crippen LogP contribution in [0.1, 0.15) is 19.1 Å². The SMILES string of the molecule is Cc1occc1-c1nnc(S[C@@H]2C[C@@H](C)OC2=O)o1. The van der Waals surface area contributed by atoms with Crippen molar-refractivity contribution in [2.24, 2.45) is 0 Å².